The lowest BCUT2D eigenvalue weighted by atomic mass is 9.85. The van der Waals surface area contributed by atoms with Gasteiger partial charge >= 0.3 is 5.97 Å². The van der Waals surface area contributed by atoms with Gasteiger partial charge in [0.05, 0.1) is 5.92 Å². The van der Waals surface area contributed by atoms with E-state index in [4.69, 9.17) is 5.11 Å². The van der Waals surface area contributed by atoms with Crippen molar-refractivity contribution in [3.63, 3.8) is 0 Å². The lowest BCUT2D eigenvalue weighted by Gasteiger charge is -2.33. The van der Waals surface area contributed by atoms with Crippen LogP contribution < -0.4 is 0 Å². The Balaban J connectivity index is 1.86. The molecule has 0 atom stereocenters. The summed E-state index contributed by atoms with van der Waals surface area (Å²) in [6.07, 6.45) is 3.37. The van der Waals surface area contributed by atoms with Crippen LogP contribution >= 0.6 is 0 Å². The molecule has 0 spiro atoms. The van der Waals surface area contributed by atoms with Crippen LogP contribution in [0.4, 0.5) is 4.39 Å². The molecule has 0 aliphatic heterocycles. The van der Waals surface area contributed by atoms with Crippen LogP contribution in [0.1, 0.15) is 31.2 Å². The number of halogens is 1. The summed E-state index contributed by atoms with van der Waals surface area (Å²) in [6, 6.07) is 6.99. The molecule has 1 aliphatic carbocycles. The maximum absolute atomic E-state index is 12.8. The van der Waals surface area contributed by atoms with E-state index in [-0.39, 0.29) is 11.7 Å². The number of carbonyl (C=O) groups is 1. The first-order valence-electron chi connectivity index (χ1n) is 6.73. The molecule has 0 bridgehead atoms. The van der Waals surface area contributed by atoms with Crippen LogP contribution in [-0.2, 0) is 11.3 Å². The third-order valence-electron chi connectivity index (χ3n) is 4.01. The van der Waals surface area contributed by atoms with E-state index in [1.165, 1.54) is 12.1 Å². The molecule has 4 heteroatoms. The Kier molecular flexibility index (Phi) is 4.53. The fourth-order valence-electron chi connectivity index (χ4n) is 2.77. The van der Waals surface area contributed by atoms with Crippen molar-refractivity contribution in [3.8, 4) is 0 Å². The molecule has 1 aliphatic rings. The normalized spacial score (nSPS) is 23.5. The molecule has 1 fully saturated rings. The van der Waals surface area contributed by atoms with Crippen molar-refractivity contribution >= 4 is 5.97 Å². The second-order valence-electron chi connectivity index (χ2n) is 5.39. The molecule has 1 saturated carbocycles. The highest BCUT2D eigenvalue weighted by atomic mass is 19.1. The van der Waals surface area contributed by atoms with E-state index in [2.05, 4.69) is 11.9 Å². The number of carboxylic acid groups (broad SMARTS) is 1. The molecule has 2 rings (SSSR count). The zero-order valence-electron chi connectivity index (χ0n) is 11.2. The lowest BCUT2D eigenvalue weighted by Crippen LogP contribution is -2.36. The highest BCUT2D eigenvalue weighted by molar-refractivity contribution is 5.70. The Labute approximate surface area is 113 Å². The first kappa shape index (κ1) is 14.0. The predicted octanol–water partition coefficient (Wildman–Crippen LogP) is 2.90. The summed E-state index contributed by atoms with van der Waals surface area (Å²) >= 11 is 0. The second kappa shape index (κ2) is 6.15. The first-order chi connectivity index (χ1) is 9.06. The van der Waals surface area contributed by atoms with E-state index in [1.54, 1.807) is 12.1 Å². The fourth-order valence-corrected chi connectivity index (χ4v) is 2.77. The number of nitrogens with zero attached hydrogens (tertiary/aromatic N) is 1. The Bertz CT molecular complexity index is 424. The van der Waals surface area contributed by atoms with Gasteiger partial charge in [-0.3, -0.25) is 9.69 Å². The summed E-state index contributed by atoms with van der Waals surface area (Å²) in [6.45, 7) is 0.780. The molecule has 3 nitrogen and oxygen atoms in total. The second-order valence-corrected chi connectivity index (χ2v) is 5.39. The minimum atomic E-state index is -0.667. The van der Waals surface area contributed by atoms with Crippen LogP contribution in [0.2, 0.25) is 0 Å². The third-order valence-corrected chi connectivity index (χ3v) is 4.01. The summed E-state index contributed by atoms with van der Waals surface area (Å²) < 4.78 is 12.8. The Morgan fingerprint density at radius 2 is 1.84 bits per heavy atom. The molecule has 1 N–H and O–H groups in total. The fraction of sp³-hybridized carbons (Fsp3) is 0.533. The maximum Gasteiger partial charge on any atom is 0.306 e. The number of hydrogen-bond donors (Lipinski definition) is 1. The smallest absolute Gasteiger partial charge is 0.306 e. The summed E-state index contributed by atoms with van der Waals surface area (Å²) in [5, 5.41) is 8.98. The number of carboxylic acids is 1. The van der Waals surface area contributed by atoms with E-state index < -0.39 is 5.97 Å². The highest BCUT2D eigenvalue weighted by Gasteiger charge is 2.27. The van der Waals surface area contributed by atoms with E-state index in [9.17, 15) is 9.18 Å². The Hall–Kier alpha value is -1.42. The van der Waals surface area contributed by atoms with Gasteiger partial charge in [-0.05, 0) is 50.4 Å². The largest absolute Gasteiger partial charge is 0.481 e. The van der Waals surface area contributed by atoms with Gasteiger partial charge < -0.3 is 5.11 Å². The van der Waals surface area contributed by atoms with Crippen molar-refractivity contribution in [3.05, 3.63) is 35.6 Å². The molecule has 1 aromatic rings. The van der Waals surface area contributed by atoms with Crippen LogP contribution in [0.3, 0.4) is 0 Å². The minimum absolute atomic E-state index is 0.171. The van der Waals surface area contributed by atoms with Crippen LogP contribution in [0.25, 0.3) is 0 Å². The minimum Gasteiger partial charge on any atom is -0.481 e. The first-order valence-corrected chi connectivity index (χ1v) is 6.73. The maximum atomic E-state index is 12.8. The van der Waals surface area contributed by atoms with Crippen LogP contribution in [0.5, 0.6) is 0 Å². The molecular formula is C15H20FNO2. The summed E-state index contributed by atoms with van der Waals surface area (Å²) in [5.41, 5.74) is 1.09. The number of benzene rings is 1. The quantitative estimate of drug-likeness (QED) is 0.910. The summed E-state index contributed by atoms with van der Waals surface area (Å²) in [5.74, 6) is -1.05. The zero-order valence-corrected chi connectivity index (χ0v) is 11.2. The molecule has 0 unspecified atom stereocenters. The van der Waals surface area contributed by atoms with Crippen molar-refractivity contribution in [1.82, 2.24) is 4.90 Å². The number of aliphatic carboxylic acids is 1. The van der Waals surface area contributed by atoms with Crippen LogP contribution in [-0.4, -0.2) is 29.1 Å². The van der Waals surface area contributed by atoms with Crippen molar-refractivity contribution in [2.75, 3.05) is 7.05 Å². The highest BCUT2D eigenvalue weighted by Crippen LogP contribution is 2.27. The standard InChI is InChI=1S/C15H20FNO2/c1-17(10-11-2-6-13(16)7-3-11)14-8-4-12(5-9-14)15(18)19/h2-3,6-7,12,14H,4-5,8-10H2,1H3,(H,18,19). The van der Waals surface area contributed by atoms with Gasteiger partial charge in [-0.2, -0.15) is 0 Å². The number of hydrogen-bond acceptors (Lipinski definition) is 2. The van der Waals surface area contributed by atoms with Crippen molar-refractivity contribution < 1.29 is 14.3 Å². The number of rotatable bonds is 4. The third kappa shape index (κ3) is 3.77. The average molecular weight is 265 g/mol. The molecule has 1 aromatic carbocycles. The molecule has 0 saturated heterocycles. The summed E-state index contributed by atoms with van der Waals surface area (Å²) in [7, 11) is 2.05. The van der Waals surface area contributed by atoms with Crippen LogP contribution in [0.15, 0.2) is 24.3 Å². The molecular weight excluding hydrogens is 245 g/mol. The molecule has 0 heterocycles. The zero-order chi connectivity index (χ0) is 13.8. The molecule has 0 radical (unpaired) electrons. The van der Waals surface area contributed by atoms with Crippen molar-refractivity contribution in [1.29, 1.82) is 0 Å². The van der Waals surface area contributed by atoms with Gasteiger partial charge in [-0.15, -0.1) is 0 Å². The molecule has 0 amide bonds. The van der Waals surface area contributed by atoms with Crippen molar-refractivity contribution in [2.24, 2.45) is 5.92 Å². The van der Waals surface area contributed by atoms with Gasteiger partial charge in [0.15, 0.2) is 0 Å². The van der Waals surface area contributed by atoms with Crippen LogP contribution in [0, 0.1) is 11.7 Å². The lowest BCUT2D eigenvalue weighted by molar-refractivity contribution is -0.143. The average Bonchev–Trinajstić information content (AvgIpc) is 2.41. The van der Waals surface area contributed by atoms with Gasteiger partial charge in [0.2, 0.25) is 0 Å². The summed E-state index contributed by atoms with van der Waals surface area (Å²) in [4.78, 5) is 13.1. The van der Waals surface area contributed by atoms with Gasteiger partial charge in [-0.25, -0.2) is 4.39 Å². The van der Waals surface area contributed by atoms with E-state index in [0.717, 1.165) is 37.8 Å². The van der Waals surface area contributed by atoms with E-state index >= 15 is 0 Å². The SMILES string of the molecule is CN(Cc1ccc(F)cc1)C1CCC(C(=O)O)CC1. The van der Waals surface area contributed by atoms with E-state index in [0.29, 0.717) is 6.04 Å². The molecule has 0 aromatic heterocycles. The Morgan fingerprint density at radius 3 is 2.37 bits per heavy atom. The molecule has 19 heavy (non-hydrogen) atoms. The van der Waals surface area contributed by atoms with Crippen molar-refractivity contribution in [2.45, 2.75) is 38.3 Å². The predicted molar refractivity (Wildman–Crippen MR) is 71.2 cm³/mol. The molecule has 104 valence electrons. The monoisotopic (exact) mass is 265 g/mol. The van der Waals surface area contributed by atoms with Gasteiger partial charge in [0.1, 0.15) is 5.82 Å². The van der Waals surface area contributed by atoms with E-state index in [1.807, 2.05) is 0 Å². The van der Waals surface area contributed by atoms with Gasteiger partial charge in [-0.1, -0.05) is 12.1 Å². The van der Waals surface area contributed by atoms with Gasteiger partial charge in [0, 0.05) is 12.6 Å². The van der Waals surface area contributed by atoms with Gasteiger partial charge in [0.25, 0.3) is 0 Å². The Morgan fingerprint density at radius 1 is 1.26 bits per heavy atom. The topological polar surface area (TPSA) is 40.5 Å².